The van der Waals surface area contributed by atoms with Crippen LogP contribution in [0.25, 0.3) is 67.4 Å². The second-order valence-electron chi connectivity index (χ2n) is 22.0. The quantitative estimate of drug-likeness (QED) is 0.116. The van der Waals surface area contributed by atoms with Gasteiger partial charge in [-0.15, -0.1) is 0 Å². The molecule has 0 amide bonds. The number of H-pyrrole nitrogens is 4. The van der Waals surface area contributed by atoms with Gasteiger partial charge in [0.1, 0.15) is 0 Å². The largest absolute Gasteiger partial charge is 0.354 e. The van der Waals surface area contributed by atoms with Crippen LogP contribution < -0.4 is 21.4 Å². The summed E-state index contributed by atoms with van der Waals surface area (Å²) in [6.45, 7) is 0. The Balaban J connectivity index is 1.01. The second-order valence-corrected chi connectivity index (χ2v) is 22.0. The van der Waals surface area contributed by atoms with E-state index in [1.54, 1.807) is 146 Å². The van der Waals surface area contributed by atoms with Crippen LogP contribution in [-0.4, -0.2) is 66.2 Å². The molecular weight excluding hydrogens is 1000 g/mol. The number of aromatic nitrogens is 4. The van der Waals surface area contributed by atoms with Crippen LogP contribution in [0.4, 0.5) is 0 Å². The van der Waals surface area contributed by atoms with Crippen LogP contribution in [0.1, 0.15) is 117 Å². The maximum absolute atomic E-state index is 14.5. The lowest BCUT2D eigenvalue weighted by molar-refractivity contribution is 0.0802. The first-order chi connectivity index (χ1) is 38.9. The van der Waals surface area contributed by atoms with Crippen molar-refractivity contribution in [3.05, 3.63) is 246 Å². The Morgan fingerprint density at radius 2 is 0.475 bits per heavy atom. The molecule has 9 aromatic rings. The van der Waals surface area contributed by atoms with E-state index in [1.807, 2.05) is 24.3 Å². The highest BCUT2D eigenvalue weighted by Crippen LogP contribution is 2.41. The molecule has 17 rings (SSSR count). The van der Waals surface area contributed by atoms with Crippen molar-refractivity contribution < 1.29 is 38.4 Å². The summed E-state index contributed by atoms with van der Waals surface area (Å²) < 4.78 is 0. The Morgan fingerprint density at radius 1 is 0.250 bits per heavy atom. The van der Waals surface area contributed by atoms with Crippen LogP contribution in [-0.2, 0) is 0 Å². The number of hydrogen-bond donors (Lipinski definition) is 4. The molecule has 4 aromatic heterocycles. The fourth-order valence-electron chi connectivity index (χ4n) is 14.0. The molecule has 4 N–H and O–H groups in total. The molecule has 12 heteroatoms. The van der Waals surface area contributed by atoms with E-state index in [9.17, 15) is 38.4 Å². The third-order valence-electron chi connectivity index (χ3n) is 17.9. The first kappa shape index (κ1) is 44.6. The molecule has 80 heavy (non-hydrogen) atoms. The van der Waals surface area contributed by atoms with Gasteiger partial charge in [-0.1, -0.05) is 97.2 Å². The third-order valence-corrected chi connectivity index (χ3v) is 17.9. The topological polar surface area (TPSA) is 200 Å². The van der Waals surface area contributed by atoms with Gasteiger partial charge in [-0.2, -0.15) is 0 Å². The van der Waals surface area contributed by atoms with E-state index in [0.717, 1.165) is 0 Å². The van der Waals surface area contributed by atoms with Crippen LogP contribution >= 0.6 is 0 Å². The molecule has 378 valence electrons. The molecule has 6 unspecified atom stereocenters. The molecule has 5 heterocycles. The molecule has 1 aliphatic heterocycles. The van der Waals surface area contributed by atoms with Crippen LogP contribution in [0.15, 0.2) is 146 Å². The van der Waals surface area contributed by atoms with Crippen molar-refractivity contribution in [1.82, 2.24) is 19.9 Å². The molecule has 0 saturated carbocycles. The Labute approximate surface area is 451 Å². The van der Waals surface area contributed by atoms with E-state index in [1.165, 1.54) is 0 Å². The number of benzene rings is 5. The summed E-state index contributed by atoms with van der Waals surface area (Å²) >= 11 is 0. The summed E-state index contributed by atoms with van der Waals surface area (Å²) in [5.41, 5.74) is 5.09. The maximum atomic E-state index is 14.5. The van der Waals surface area contributed by atoms with Crippen LogP contribution in [0.2, 0.25) is 0 Å². The lowest BCUT2D eigenvalue weighted by atomic mass is 9.72. The number of fused-ring (bicyclic) bond motifs is 28. The number of ketones is 8. The number of carbonyl (C=O) groups excluding carboxylic acids is 8. The monoisotopic (exact) mass is 1040 g/mol. The average molecular weight is 1040 g/mol. The minimum atomic E-state index is -0.658. The highest BCUT2D eigenvalue weighted by atomic mass is 16.2. The highest BCUT2D eigenvalue weighted by molar-refractivity contribution is 6.30. The molecule has 0 radical (unpaired) electrons. The van der Waals surface area contributed by atoms with Gasteiger partial charge in [0.2, 0.25) is 0 Å². The maximum Gasteiger partial charge on any atom is 0.194 e. The van der Waals surface area contributed by atoms with E-state index >= 15 is 0 Å². The van der Waals surface area contributed by atoms with Gasteiger partial charge >= 0.3 is 0 Å². The number of rotatable bonds is 0. The number of aromatic amines is 4. The van der Waals surface area contributed by atoms with Crippen LogP contribution in [0.3, 0.4) is 0 Å². The van der Waals surface area contributed by atoms with Crippen molar-refractivity contribution >= 4 is 114 Å². The molecule has 8 aliphatic rings. The fourth-order valence-corrected chi connectivity index (χ4v) is 14.0. The van der Waals surface area contributed by atoms with Gasteiger partial charge in [-0.3, -0.25) is 38.4 Å². The van der Waals surface area contributed by atoms with Crippen molar-refractivity contribution in [2.45, 2.75) is 0 Å². The molecule has 5 aromatic carbocycles. The molecule has 8 bridgehead atoms. The van der Waals surface area contributed by atoms with Crippen molar-refractivity contribution in [3.63, 3.8) is 0 Å². The summed E-state index contributed by atoms with van der Waals surface area (Å²) in [5, 5.41) is 7.19. The summed E-state index contributed by atoms with van der Waals surface area (Å²) in [5.74, 6) is -5.60. The van der Waals surface area contributed by atoms with Crippen molar-refractivity contribution in [1.29, 1.82) is 0 Å². The minimum Gasteiger partial charge on any atom is -0.354 e. The average Bonchev–Trinajstić information content (AvgIpc) is 4.27. The van der Waals surface area contributed by atoms with Crippen molar-refractivity contribution in [3.8, 4) is 0 Å². The lowest BCUT2D eigenvalue weighted by Crippen LogP contribution is -2.35. The first-order valence-corrected chi connectivity index (χ1v) is 26.6. The number of hydrogen-bond acceptors (Lipinski definition) is 8. The Morgan fingerprint density at radius 3 is 0.725 bits per heavy atom. The van der Waals surface area contributed by atoms with Gasteiger partial charge in [0, 0.05) is 143 Å². The van der Waals surface area contributed by atoms with E-state index in [4.69, 9.17) is 0 Å². The van der Waals surface area contributed by atoms with E-state index in [-0.39, 0.29) is 57.4 Å². The predicted molar refractivity (Wildman–Crippen MR) is 301 cm³/mol. The Kier molecular flexibility index (Phi) is 8.71. The highest BCUT2D eigenvalue weighted by Gasteiger charge is 2.43. The van der Waals surface area contributed by atoms with Crippen LogP contribution in [0.5, 0.6) is 0 Å². The standard InChI is InChI=1S/C68H38N4O8/c73-61-29-9-1-2-10-30(29)62(74)46-18-38-37(17-45(46)61)53-25-55-39-19-47-48(64(76)32-12-4-3-11-31(32)63(47)75)20-40(39)57(70-55)27-59-43-23-51-52(68(80)36-16-8-7-15-35(36)67(51)79)24-44(43)60(72-59)28-58-42-22-50-49(21-41(42)56(71-58)26-54(38)69-53)65(77)33-13-5-6-14-34(33)66(50)78/h1-34,69-72H. The second kappa shape index (κ2) is 15.6. The smallest absolute Gasteiger partial charge is 0.194 e. The zero-order chi connectivity index (χ0) is 53.7. The third kappa shape index (κ3) is 5.88. The number of Topliss-reactive ketones (excluding diaryl/α,β-unsaturated/α-hetero) is 6. The van der Waals surface area contributed by atoms with Gasteiger partial charge in [0.25, 0.3) is 0 Å². The van der Waals surface area contributed by atoms with Crippen LogP contribution in [0, 0.1) is 35.5 Å². The molecule has 6 atom stereocenters. The summed E-state index contributed by atoms with van der Waals surface area (Å²) in [6, 6.07) is 20.9. The predicted octanol–water partition coefficient (Wildman–Crippen LogP) is 8.23. The van der Waals surface area contributed by atoms with E-state index in [2.05, 4.69) is 19.9 Å². The molecule has 12 nitrogen and oxygen atoms in total. The minimum absolute atomic E-state index is 0.177. The summed E-state index contributed by atoms with van der Waals surface area (Å²) in [6.07, 6.45) is 29.0. The van der Waals surface area contributed by atoms with Gasteiger partial charge in [-0.25, -0.2) is 0 Å². The lowest BCUT2D eigenvalue weighted by Gasteiger charge is -2.28. The van der Waals surface area contributed by atoms with Gasteiger partial charge in [-0.05, 0) is 72.8 Å². The number of allylic oxidation sites excluding steroid dienone is 12. The molecular formula is C68H38N4O8. The van der Waals surface area contributed by atoms with Crippen molar-refractivity contribution in [2.24, 2.45) is 35.5 Å². The zero-order valence-corrected chi connectivity index (χ0v) is 41.9. The Bertz CT molecular complexity index is 4850. The SMILES string of the molecule is O=C1c2ccccc2C(=O)c2cc3c4[nH]c(c3cc21)=Cc1[nH]c(c2cc3c(cc12)C(=O)C1C=CC=CC1C3=O)C=c1[nH]c(c2cc3c(cc12)C(=O)C1C=CC=CC1C3=O)=Cc1[nH]c(c2cc3c(cc12)C(=O)C1C=CC=CC1C3=O)C=4. The normalized spacial score (nSPS) is 22.6. The first-order valence-electron chi connectivity index (χ1n) is 26.6. The summed E-state index contributed by atoms with van der Waals surface area (Å²) in [7, 11) is 0. The van der Waals surface area contributed by atoms with Crippen molar-refractivity contribution in [2.75, 3.05) is 0 Å². The Hall–Kier alpha value is -10.5. The fraction of sp³-hybridized carbons (Fsp3) is 0.0882. The van der Waals surface area contributed by atoms with E-state index in [0.29, 0.717) is 132 Å². The van der Waals surface area contributed by atoms with Gasteiger partial charge in [0.15, 0.2) is 46.3 Å². The number of nitrogens with one attached hydrogen (secondary N) is 4. The van der Waals surface area contributed by atoms with Gasteiger partial charge < -0.3 is 19.9 Å². The molecule has 0 fully saturated rings. The van der Waals surface area contributed by atoms with Gasteiger partial charge in [0.05, 0.1) is 35.5 Å². The number of carbonyl (C=O) groups is 8. The molecule has 7 aliphatic carbocycles. The van der Waals surface area contributed by atoms with E-state index < -0.39 is 35.5 Å². The molecule has 0 spiro atoms. The molecule has 0 saturated heterocycles. The zero-order valence-electron chi connectivity index (χ0n) is 41.9. The summed E-state index contributed by atoms with van der Waals surface area (Å²) in [4.78, 5) is 130.